The van der Waals surface area contributed by atoms with E-state index >= 15 is 0 Å². The van der Waals surface area contributed by atoms with Crippen LogP contribution < -0.4 is 5.43 Å². The number of amides is 1. The summed E-state index contributed by atoms with van der Waals surface area (Å²) in [5.74, 6) is -0.474. The third kappa shape index (κ3) is 3.20. The first kappa shape index (κ1) is 7.59. The van der Waals surface area contributed by atoms with Crippen LogP contribution in [0.2, 0.25) is 0 Å². The molecule has 0 atom stereocenters. The van der Waals surface area contributed by atoms with Crippen molar-refractivity contribution in [1.29, 1.82) is 0 Å². The van der Waals surface area contributed by atoms with Gasteiger partial charge in [-0.3, -0.25) is 4.79 Å². The van der Waals surface area contributed by atoms with Crippen LogP contribution in [0.25, 0.3) is 0 Å². The molecule has 0 bridgehead atoms. The van der Waals surface area contributed by atoms with Crippen molar-refractivity contribution in [3.05, 3.63) is 12.2 Å². The Labute approximate surface area is 52.2 Å². The molecule has 0 aromatic rings. The molecule has 0 spiro atoms. The molecule has 0 heterocycles. The summed E-state index contributed by atoms with van der Waals surface area (Å²) in [5.41, 5.74) is 2.19. The van der Waals surface area contributed by atoms with Gasteiger partial charge >= 0.3 is 0 Å². The van der Waals surface area contributed by atoms with Crippen molar-refractivity contribution in [2.45, 2.75) is 6.92 Å². The second kappa shape index (κ2) is 3.57. The van der Waals surface area contributed by atoms with Gasteiger partial charge in [0.05, 0.1) is 0 Å². The number of hydrazone groups is 1. The molecule has 0 aliphatic heterocycles. The van der Waals surface area contributed by atoms with Crippen LogP contribution in [-0.2, 0) is 9.59 Å². The van der Waals surface area contributed by atoms with Gasteiger partial charge < -0.3 is 0 Å². The maximum atomic E-state index is 10.4. The Morgan fingerprint density at radius 3 is 2.67 bits per heavy atom. The SMILES string of the molecule is C=C(C)C(=O)NN=C=O. The van der Waals surface area contributed by atoms with Gasteiger partial charge in [0.15, 0.2) is 0 Å². The zero-order valence-corrected chi connectivity index (χ0v) is 4.97. The van der Waals surface area contributed by atoms with Crippen LogP contribution in [0.3, 0.4) is 0 Å². The summed E-state index contributed by atoms with van der Waals surface area (Å²) in [5, 5.41) is 2.83. The van der Waals surface area contributed by atoms with Crippen molar-refractivity contribution in [1.82, 2.24) is 5.43 Å². The largest absolute Gasteiger partial charge is 0.268 e. The van der Waals surface area contributed by atoms with Gasteiger partial charge in [0.25, 0.3) is 12.0 Å². The summed E-state index contributed by atoms with van der Waals surface area (Å²) in [4.78, 5) is 19.8. The summed E-state index contributed by atoms with van der Waals surface area (Å²) in [6, 6.07) is 0. The summed E-state index contributed by atoms with van der Waals surface area (Å²) in [7, 11) is 0. The molecule has 0 fully saturated rings. The van der Waals surface area contributed by atoms with E-state index in [9.17, 15) is 9.59 Å². The van der Waals surface area contributed by atoms with E-state index in [1.807, 2.05) is 5.43 Å². The second-order valence-electron chi connectivity index (χ2n) is 1.42. The molecule has 0 rings (SSSR count). The molecule has 0 saturated heterocycles. The molecule has 48 valence electrons. The molecule has 1 N–H and O–H groups in total. The van der Waals surface area contributed by atoms with E-state index in [1.165, 1.54) is 6.92 Å². The van der Waals surface area contributed by atoms with E-state index in [0.29, 0.717) is 5.57 Å². The van der Waals surface area contributed by atoms with E-state index in [2.05, 4.69) is 11.7 Å². The fourth-order valence-corrected chi connectivity index (χ4v) is 0.169. The summed E-state index contributed by atoms with van der Waals surface area (Å²) in [6.45, 7) is 4.82. The predicted molar refractivity (Wildman–Crippen MR) is 31.1 cm³/mol. The molecular weight excluding hydrogens is 120 g/mol. The molecule has 9 heavy (non-hydrogen) atoms. The van der Waals surface area contributed by atoms with Crippen LogP contribution in [0, 0.1) is 0 Å². The van der Waals surface area contributed by atoms with E-state index in [1.54, 1.807) is 0 Å². The number of isocyanates is 1. The van der Waals surface area contributed by atoms with Gasteiger partial charge in [0.2, 0.25) is 0 Å². The molecule has 0 aliphatic rings. The highest BCUT2D eigenvalue weighted by atomic mass is 16.2. The Hall–Kier alpha value is -1.41. The van der Waals surface area contributed by atoms with Crippen LogP contribution in [0.1, 0.15) is 6.92 Å². The zero-order valence-electron chi connectivity index (χ0n) is 4.97. The molecule has 0 radical (unpaired) electrons. The highest BCUT2D eigenvalue weighted by molar-refractivity contribution is 5.91. The van der Waals surface area contributed by atoms with E-state index in [-0.39, 0.29) is 0 Å². The lowest BCUT2D eigenvalue weighted by atomic mass is 10.3. The topological polar surface area (TPSA) is 58.5 Å². The van der Waals surface area contributed by atoms with E-state index in [4.69, 9.17) is 0 Å². The van der Waals surface area contributed by atoms with Gasteiger partial charge in [-0.05, 0) is 6.92 Å². The fourth-order valence-electron chi connectivity index (χ4n) is 0.169. The average Bonchev–Trinajstić information content (AvgIpc) is 1.82. The minimum absolute atomic E-state index is 0.300. The first-order valence-corrected chi connectivity index (χ1v) is 2.21. The Morgan fingerprint density at radius 1 is 1.78 bits per heavy atom. The van der Waals surface area contributed by atoms with E-state index < -0.39 is 5.91 Å². The molecule has 0 saturated carbocycles. The van der Waals surface area contributed by atoms with Crippen molar-refractivity contribution in [2.75, 3.05) is 0 Å². The number of nitrogens with zero attached hydrogens (tertiary/aromatic N) is 1. The van der Waals surface area contributed by atoms with Crippen LogP contribution in [0.4, 0.5) is 0 Å². The first-order valence-electron chi connectivity index (χ1n) is 2.21. The lowest BCUT2D eigenvalue weighted by molar-refractivity contribution is -0.117. The maximum absolute atomic E-state index is 10.4. The van der Waals surface area contributed by atoms with Crippen molar-refractivity contribution in [3.63, 3.8) is 0 Å². The van der Waals surface area contributed by atoms with E-state index in [0.717, 1.165) is 6.08 Å². The predicted octanol–water partition coefficient (Wildman–Crippen LogP) is -0.0705. The van der Waals surface area contributed by atoms with Gasteiger partial charge in [-0.2, -0.15) is 0 Å². The van der Waals surface area contributed by atoms with Crippen molar-refractivity contribution in [2.24, 2.45) is 5.10 Å². The summed E-state index contributed by atoms with van der Waals surface area (Å²) in [6.07, 6.45) is 1.16. The van der Waals surface area contributed by atoms with Gasteiger partial charge in [-0.25, -0.2) is 10.2 Å². The lowest BCUT2D eigenvalue weighted by Gasteiger charge is -1.91. The normalized spacial score (nSPS) is 7.22. The van der Waals surface area contributed by atoms with Gasteiger partial charge in [-0.1, -0.05) is 11.7 Å². The minimum Gasteiger partial charge on any atom is -0.268 e. The van der Waals surface area contributed by atoms with Gasteiger partial charge in [0, 0.05) is 5.57 Å². The Balaban J connectivity index is 3.78. The second-order valence-corrected chi connectivity index (χ2v) is 1.42. The number of carbonyl (C=O) groups is 1. The Morgan fingerprint density at radius 2 is 2.33 bits per heavy atom. The lowest BCUT2D eigenvalue weighted by Crippen LogP contribution is -2.16. The molecule has 0 aliphatic carbocycles. The highest BCUT2D eigenvalue weighted by Crippen LogP contribution is 1.83. The first-order chi connectivity index (χ1) is 4.18. The number of hydrogen-bond acceptors (Lipinski definition) is 3. The Kier molecular flexibility index (Phi) is 3.01. The Bertz CT molecular complexity index is 179. The van der Waals surface area contributed by atoms with Crippen LogP contribution in [0.15, 0.2) is 17.3 Å². The molecule has 0 aromatic heterocycles. The van der Waals surface area contributed by atoms with Gasteiger partial charge in [0.1, 0.15) is 0 Å². The molecule has 4 heteroatoms. The molecular formula is C5H6N2O2. The number of nitrogens with one attached hydrogen (secondary N) is 1. The average molecular weight is 126 g/mol. The van der Waals surface area contributed by atoms with Crippen LogP contribution >= 0.6 is 0 Å². The quantitative estimate of drug-likeness (QED) is 0.243. The van der Waals surface area contributed by atoms with Crippen molar-refractivity contribution >= 4 is 12.0 Å². The molecule has 1 amide bonds. The third-order valence-electron chi connectivity index (χ3n) is 0.591. The van der Waals surface area contributed by atoms with Crippen LogP contribution in [-0.4, -0.2) is 12.0 Å². The molecule has 4 nitrogen and oxygen atoms in total. The maximum Gasteiger partial charge on any atom is 0.267 e. The molecule has 0 aromatic carbocycles. The molecule has 0 unspecified atom stereocenters. The third-order valence-corrected chi connectivity index (χ3v) is 0.591. The zero-order chi connectivity index (χ0) is 7.28. The highest BCUT2D eigenvalue weighted by Gasteiger charge is 1.96. The summed E-state index contributed by atoms with van der Waals surface area (Å²) < 4.78 is 0. The number of rotatable bonds is 2. The monoisotopic (exact) mass is 126 g/mol. The van der Waals surface area contributed by atoms with Gasteiger partial charge in [-0.15, -0.1) is 0 Å². The standard InChI is InChI=1S/C5H6N2O2/c1-4(2)5(9)7-6-3-8/h1H2,2H3,(H,7,9). The minimum atomic E-state index is -0.474. The van der Waals surface area contributed by atoms with Crippen molar-refractivity contribution in [3.8, 4) is 0 Å². The van der Waals surface area contributed by atoms with Crippen LogP contribution in [0.5, 0.6) is 0 Å². The smallest absolute Gasteiger partial charge is 0.267 e. The number of carbonyl (C=O) groups excluding carboxylic acids is 2. The number of hydrogen-bond donors (Lipinski definition) is 1. The summed E-state index contributed by atoms with van der Waals surface area (Å²) >= 11 is 0. The van der Waals surface area contributed by atoms with Crippen molar-refractivity contribution < 1.29 is 9.59 Å². The fraction of sp³-hybridized carbons (Fsp3) is 0.200.